The van der Waals surface area contributed by atoms with Crippen molar-refractivity contribution in [2.24, 2.45) is 0 Å². The number of benzene rings is 4. The normalized spacial score (nSPS) is 12.6. The number of sulfonamides is 1. The van der Waals surface area contributed by atoms with Crippen molar-refractivity contribution in [2.75, 3.05) is 10.8 Å². The summed E-state index contributed by atoms with van der Waals surface area (Å²) in [5, 5.41) is 2.94. The van der Waals surface area contributed by atoms with Crippen molar-refractivity contribution < 1.29 is 26.8 Å². The summed E-state index contributed by atoms with van der Waals surface area (Å²) in [6, 6.07) is 24.6. The van der Waals surface area contributed by atoms with Gasteiger partial charge in [0.05, 0.1) is 10.6 Å². The van der Waals surface area contributed by atoms with Crippen LogP contribution >= 0.6 is 0 Å². The third kappa shape index (κ3) is 8.54. The molecule has 0 saturated heterocycles. The Labute approximate surface area is 263 Å². The van der Waals surface area contributed by atoms with Crippen molar-refractivity contribution in [3.63, 3.8) is 0 Å². The van der Waals surface area contributed by atoms with Crippen molar-refractivity contribution in [1.82, 2.24) is 10.2 Å². The predicted octanol–water partition coefficient (Wildman–Crippen LogP) is 6.02. The standard InChI is InChI=1S/C35H37F2N3O4S/c1-4-26(3)38-35(42)33(22-27-10-6-5-7-11-27)39(23-28-12-8-9-13-32(28)37)34(41)24-40(30-18-14-25(2)15-19-30)45(43,44)31-20-16-29(36)17-21-31/h5-21,26,33H,4,22-24H2,1-3H3,(H,38,42)/t26-,33-/m1/s1. The van der Waals surface area contributed by atoms with Gasteiger partial charge < -0.3 is 10.2 Å². The number of halogens is 2. The Hall–Kier alpha value is -4.57. The number of amides is 2. The van der Waals surface area contributed by atoms with Crippen LogP contribution in [0.25, 0.3) is 0 Å². The molecule has 0 bridgehead atoms. The van der Waals surface area contributed by atoms with Gasteiger partial charge in [-0.1, -0.05) is 73.2 Å². The molecule has 0 aliphatic carbocycles. The monoisotopic (exact) mass is 633 g/mol. The lowest BCUT2D eigenvalue weighted by atomic mass is 10.0. The van der Waals surface area contributed by atoms with Gasteiger partial charge in [-0.15, -0.1) is 0 Å². The van der Waals surface area contributed by atoms with Gasteiger partial charge in [-0.05, 0) is 68.3 Å². The summed E-state index contributed by atoms with van der Waals surface area (Å²) in [6.45, 7) is 4.62. The Kier molecular flexibility index (Phi) is 11.1. The van der Waals surface area contributed by atoms with E-state index < -0.39 is 46.1 Å². The average molecular weight is 634 g/mol. The second kappa shape index (κ2) is 14.9. The molecule has 4 rings (SSSR count). The number of aryl methyl sites for hydroxylation is 1. The van der Waals surface area contributed by atoms with Gasteiger partial charge in [0.25, 0.3) is 10.0 Å². The molecule has 2 amide bonds. The Morgan fingerprint density at radius 3 is 2.09 bits per heavy atom. The first-order valence-electron chi connectivity index (χ1n) is 14.7. The summed E-state index contributed by atoms with van der Waals surface area (Å²) in [6.07, 6.45) is 0.751. The Balaban J connectivity index is 1.81. The molecule has 7 nitrogen and oxygen atoms in total. The number of anilines is 1. The van der Waals surface area contributed by atoms with Crippen LogP contribution in [0.5, 0.6) is 0 Å². The molecule has 1 N–H and O–H groups in total. The topological polar surface area (TPSA) is 86.8 Å². The van der Waals surface area contributed by atoms with Crippen LogP contribution in [0.15, 0.2) is 108 Å². The van der Waals surface area contributed by atoms with Crippen molar-refractivity contribution in [3.05, 3.63) is 131 Å². The number of nitrogens with zero attached hydrogens (tertiary/aromatic N) is 2. The van der Waals surface area contributed by atoms with Crippen LogP contribution in [0.2, 0.25) is 0 Å². The SMILES string of the molecule is CC[C@@H](C)NC(=O)[C@@H](Cc1ccccc1)N(Cc1ccccc1F)C(=O)CN(c1ccc(C)cc1)S(=O)(=O)c1ccc(F)cc1. The fraction of sp³-hybridized carbons (Fsp3) is 0.257. The molecule has 0 saturated carbocycles. The van der Waals surface area contributed by atoms with E-state index >= 15 is 4.39 Å². The van der Waals surface area contributed by atoms with E-state index in [4.69, 9.17) is 0 Å². The smallest absolute Gasteiger partial charge is 0.264 e. The molecule has 0 radical (unpaired) electrons. The van der Waals surface area contributed by atoms with E-state index in [1.807, 2.05) is 51.1 Å². The van der Waals surface area contributed by atoms with Crippen molar-refractivity contribution in [1.29, 1.82) is 0 Å². The summed E-state index contributed by atoms with van der Waals surface area (Å²) in [4.78, 5) is 29.2. The van der Waals surface area contributed by atoms with Crippen LogP contribution in [-0.4, -0.2) is 43.8 Å². The molecule has 0 aliphatic heterocycles. The molecular weight excluding hydrogens is 596 g/mol. The van der Waals surface area contributed by atoms with E-state index in [2.05, 4.69) is 5.32 Å². The Morgan fingerprint density at radius 1 is 0.844 bits per heavy atom. The van der Waals surface area contributed by atoms with Gasteiger partial charge in [0.2, 0.25) is 11.8 Å². The minimum Gasteiger partial charge on any atom is -0.352 e. The summed E-state index contributed by atoms with van der Waals surface area (Å²) >= 11 is 0. The lowest BCUT2D eigenvalue weighted by Crippen LogP contribution is -2.54. The van der Waals surface area contributed by atoms with Crippen LogP contribution in [0.1, 0.15) is 37.0 Å². The lowest BCUT2D eigenvalue weighted by molar-refractivity contribution is -0.140. The zero-order chi connectivity index (χ0) is 32.6. The van der Waals surface area contributed by atoms with Crippen molar-refractivity contribution >= 4 is 27.5 Å². The van der Waals surface area contributed by atoms with Gasteiger partial charge in [0, 0.05) is 24.6 Å². The first-order chi connectivity index (χ1) is 21.5. The lowest BCUT2D eigenvalue weighted by Gasteiger charge is -2.34. The second-order valence-electron chi connectivity index (χ2n) is 10.9. The first-order valence-corrected chi connectivity index (χ1v) is 16.2. The zero-order valence-electron chi connectivity index (χ0n) is 25.5. The maximum absolute atomic E-state index is 15.0. The van der Waals surface area contributed by atoms with E-state index in [1.54, 1.807) is 30.3 Å². The third-order valence-electron chi connectivity index (χ3n) is 7.57. The van der Waals surface area contributed by atoms with E-state index in [0.29, 0.717) is 6.42 Å². The van der Waals surface area contributed by atoms with Gasteiger partial charge in [-0.3, -0.25) is 13.9 Å². The predicted molar refractivity (Wildman–Crippen MR) is 171 cm³/mol. The first kappa shape index (κ1) is 33.3. The van der Waals surface area contributed by atoms with Crippen LogP contribution in [0.3, 0.4) is 0 Å². The van der Waals surface area contributed by atoms with E-state index in [9.17, 15) is 22.4 Å². The highest BCUT2D eigenvalue weighted by atomic mass is 32.2. The Morgan fingerprint density at radius 2 is 1.47 bits per heavy atom. The summed E-state index contributed by atoms with van der Waals surface area (Å²) < 4.78 is 57.6. The quantitative estimate of drug-likeness (QED) is 0.195. The number of nitrogens with one attached hydrogen (secondary N) is 1. The third-order valence-corrected chi connectivity index (χ3v) is 9.36. The van der Waals surface area contributed by atoms with Crippen LogP contribution in [0.4, 0.5) is 14.5 Å². The van der Waals surface area contributed by atoms with Crippen molar-refractivity contribution in [2.45, 2.75) is 57.1 Å². The van der Waals surface area contributed by atoms with Crippen LogP contribution < -0.4 is 9.62 Å². The van der Waals surface area contributed by atoms with Gasteiger partial charge in [0.1, 0.15) is 24.2 Å². The molecule has 2 atom stereocenters. The summed E-state index contributed by atoms with van der Waals surface area (Å²) in [5.41, 5.74) is 2.01. The highest BCUT2D eigenvalue weighted by molar-refractivity contribution is 7.92. The van der Waals surface area contributed by atoms with Crippen LogP contribution in [-0.2, 0) is 32.6 Å². The summed E-state index contributed by atoms with van der Waals surface area (Å²) in [5.74, 6) is -2.34. The van der Waals surface area contributed by atoms with Gasteiger partial charge >= 0.3 is 0 Å². The highest BCUT2D eigenvalue weighted by Gasteiger charge is 2.35. The average Bonchev–Trinajstić information content (AvgIpc) is 3.03. The molecule has 0 aliphatic rings. The molecule has 0 unspecified atom stereocenters. The van der Waals surface area contributed by atoms with E-state index in [1.165, 1.54) is 23.1 Å². The molecule has 0 aromatic heterocycles. The maximum atomic E-state index is 15.0. The number of carbonyl (C=O) groups is 2. The van der Waals surface area contributed by atoms with E-state index in [-0.39, 0.29) is 35.2 Å². The molecule has 236 valence electrons. The molecule has 4 aromatic carbocycles. The molecule has 0 fully saturated rings. The maximum Gasteiger partial charge on any atom is 0.264 e. The molecule has 4 aromatic rings. The minimum atomic E-state index is -4.38. The number of hydrogen-bond donors (Lipinski definition) is 1. The molecule has 0 heterocycles. The van der Waals surface area contributed by atoms with Crippen molar-refractivity contribution in [3.8, 4) is 0 Å². The number of rotatable bonds is 13. The number of carbonyl (C=O) groups excluding carboxylic acids is 2. The second-order valence-corrected chi connectivity index (χ2v) is 12.8. The van der Waals surface area contributed by atoms with Crippen LogP contribution in [0, 0.1) is 18.6 Å². The van der Waals surface area contributed by atoms with Gasteiger partial charge in [-0.2, -0.15) is 0 Å². The molecular formula is C35H37F2N3O4S. The van der Waals surface area contributed by atoms with Gasteiger partial charge in [-0.25, -0.2) is 17.2 Å². The minimum absolute atomic E-state index is 0.110. The fourth-order valence-corrected chi connectivity index (χ4v) is 6.19. The van der Waals surface area contributed by atoms with E-state index in [0.717, 1.165) is 39.7 Å². The van der Waals surface area contributed by atoms with Gasteiger partial charge in [0.15, 0.2) is 0 Å². The highest BCUT2D eigenvalue weighted by Crippen LogP contribution is 2.26. The Bertz CT molecular complexity index is 1700. The fourth-order valence-electron chi connectivity index (χ4n) is 4.78. The largest absolute Gasteiger partial charge is 0.352 e. The molecule has 10 heteroatoms. The zero-order valence-corrected chi connectivity index (χ0v) is 26.3. The summed E-state index contributed by atoms with van der Waals surface area (Å²) in [7, 11) is -4.38. The molecule has 0 spiro atoms. The molecule has 45 heavy (non-hydrogen) atoms. The number of hydrogen-bond acceptors (Lipinski definition) is 4.